The summed E-state index contributed by atoms with van der Waals surface area (Å²) in [5, 5.41) is 0. The second kappa shape index (κ2) is 4.60. The maximum absolute atomic E-state index is 13.8. The van der Waals surface area contributed by atoms with E-state index in [1.165, 1.54) is 18.9 Å². The van der Waals surface area contributed by atoms with E-state index in [1.54, 1.807) is 6.07 Å². The van der Waals surface area contributed by atoms with Crippen LogP contribution in [0.1, 0.15) is 25.7 Å². The molecule has 0 spiro atoms. The third-order valence-electron chi connectivity index (χ3n) is 3.10. The second-order valence-electron chi connectivity index (χ2n) is 4.33. The summed E-state index contributed by atoms with van der Waals surface area (Å²) in [6, 6.07) is 2.96. The monoisotopic (exact) mass is 223 g/mol. The van der Waals surface area contributed by atoms with E-state index in [1.807, 2.05) is 0 Å². The lowest BCUT2D eigenvalue weighted by Crippen LogP contribution is -2.25. The molecule has 0 amide bonds. The van der Waals surface area contributed by atoms with Gasteiger partial charge >= 0.3 is 0 Å². The largest absolute Gasteiger partial charge is 0.397 e. The Bertz CT molecular complexity index is 371. The van der Waals surface area contributed by atoms with Gasteiger partial charge in [-0.1, -0.05) is 12.8 Å². The lowest BCUT2D eigenvalue weighted by molar-refractivity contribution is 0.617. The molecule has 0 aliphatic carbocycles. The maximum Gasteiger partial charge on any atom is 0.148 e. The van der Waals surface area contributed by atoms with Crippen LogP contribution in [0.3, 0.4) is 0 Å². The maximum atomic E-state index is 13.8. The number of halogens is 1. The highest BCUT2D eigenvalue weighted by Crippen LogP contribution is 2.28. The van der Waals surface area contributed by atoms with E-state index in [0.29, 0.717) is 17.1 Å². The number of nitrogens with zero attached hydrogens (tertiary/aromatic N) is 1. The molecule has 3 nitrogen and oxygen atoms in total. The smallest absolute Gasteiger partial charge is 0.148 e. The van der Waals surface area contributed by atoms with Crippen molar-refractivity contribution in [1.82, 2.24) is 0 Å². The summed E-state index contributed by atoms with van der Waals surface area (Å²) < 4.78 is 13.8. The van der Waals surface area contributed by atoms with Crippen LogP contribution in [0.15, 0.2) is 12.1 Å². The fourth-order valence-electron chi connectivity index (χ4n) is 2.15. The van der Waals surface area contributed by atoms with Crippen LogP contribution in [-0.4, -0.2) is 13.1 Å². The van der Waals surface area contributed by atoms with E-state index in [2.05, 4.69) is 4.90 Å². The van der Waals surface area contributed by atoms with Gasteiger partial charge in [0.2, 0.25) is 0 Å². The number of benzene rings is 1. The molecule has 88 valence electrons. The highest BCUT2D eigenvalue weighted by atomic mass is 19.1. The van der Waals surface area contributed by atoms with Crippen LogP contribution in [0.5, 0.6) is 0 Å². The zero-order chi connectivity index (χ0) is 11.5. The molecule has 1 heterocycles. The molecule has 1 aliphatic rings. The minimum Gasteiger partial charge on any atom is -0.397 e. The first-order chi connectivity index (χ1) is 7.68. The van der Waals surface area contributed by atoms with Crippen molar-refractivity contribution in [2.45, 2.75) is 25.7 Å². The van der Waals surface area contributed by atoms with Crippen LogP contribution in [0.4, 0.5) is 21.5 Å². The molecule has 1 aromatic carbocycles. The van der Waals surface area contributed by atoms with Crippen molar-refractivity contribution >= 4 is 17.1 Å². The van der Waals surface area contributed by atoms with Crippen LogP contribution in [0.2, 0.25) is 0 Å². The van der Waals surface area contributed by atoms with Gasteiger partial charge in [0, 0.05) is 19.2 Å². The molecular formula is C12H18FN3. The quantitative estimate of drug-likeness (QED) is 0.719. The third kappa shape index (κ3) is 2.21. The molecule has 4 N–H and O–H groups in total. The molecular weight excluding hydrogens is 205 g/mol. The molecule has 4 heteroatoms. The number of hydrogen-bond acceptors (Lipinski definition) is 3. The van der Waals surface area contributed by atoms with Gasteiger partial charge in [-0.3, -0.25) is 0 Å². The lowest BCUT2D eigenvalue weighted by Gasteiger charge is -2.23. The van der Waals surface area contributed by atoms with E-state index >= 15 is 0 Å². The molecule has 0 atom stereocenters. The van der Waals surface area contributed by atoms with Gasteiger partial charge in [-0.25, -0.2) is 4.39 Å². The molecule has 0 saturated carbocycles. The van der Waals surface area contributed by atoms with Gasteiger partial charge in [-0.2, -0.15) is 0 Å². The molecule has 16 heavy (non-hydrogen) atoms. The highest BCUT2D eigenvalue weighted by molar-refractivity contribution is 5.70. The zero-order valence-corrected chi connectivity index (χ0v) is 9.38. The summed E-state index contributed by atoms with van der Waals surface area (Å²) in [5.41, 5.74) is 12.6. The first kappa shape index (κ1) is 11.0. The average molecular weight is 223 g/mol. The van der Waals surface area contributed by atoms with E-state index in [-0.39, 0.29) is 5.82 Å². The average Bonchev–Trinajstić information content (AvgIpc) is 2.52. The second-order valence-corrected chi connectivity index (χ2v) is 4.33. The normalized spacial score (nSPS) is 17.2. The van der Waals surface area contributed by atoms with E-state index in [4.69, 9.17) is 11.5 Å². The summed E-state index contributed by atoms with van der Waals surface area (Å²) in [7, 11) is 0. The van der Waals surface area contributed by atoms with Crippen molar-refractivity contribution in [1.29, 1.82) is 0 Å². The van der Waals surface area contributed by atoms with Crippen molar-refractivity contribution in [2.75, 3.05) is 29.5 Å². The fourth-order valence-corrected chi connectivity index (χ4v) is 2.15. The van der Waals surface area contributed by atoms with E-state index in [9.17, 15) is 4.39 Å². The molecule has 1 aromatic rings. The minimum atomic E-state index is -0.270. The van der Waals surface area contributed by atoms with Gasteiger partial charge in [0.1, 0.15) is 5.82 Å². The van der Waals surface area contributed by atoms with Crippen molar-refractivity contribution in [3.8, 4) is 0 Å². The molecule has 1 saturated heterocycles. The molecule has 0 radical (unpaired) electrons. The van der Waals surface area contributed by atoms with Crippen molar-refractivity contribution in [3.05, 3.63) is 17.9 Å². The molecule has 2 rings (SSSR count). The van der Waals surface area contributed by atoms with Crippen LogP contribution in [0.25, 0.3) is 0 Å². The van der Waals surface area contributed by atoms with Crippen molar-refractivity contribution < 1.29 is 4.39 Å². The molecule has 1 fully saturated rings. The van der Waals surface area contributed by atoms with Crippen LogP contribution < -0.4 is 16.4 Å². The van der Waals surface area contributed by atoms with Gasteiger partial charge in [-0.05, 0) is 18.9 Å². The summed E-state index contributed by atoms with van der Waals surface area (Å²) in [4.78, 5) is 2.07. The van der Waals surface area contributed by atoms with Crippen LogP contribution >= 0.6 is 0 Å². The Morgan fingerprint density at radius 3 is 2.12 bits per heavy atom. The predicted octanol–water partition coefficient (Wildman–Crippen LogP) is 2.37. The molecule has 1 aliphatic heterocycles. The highest BCUT2D eigenvalue weighted by Gasteiger charge is 2.15. The van der Waals surface area contributed by atoms with Gasteiger partial charge in [0.05, 0.1) is 17.1 Å². The molecule has 0 unspecified atom stereocenters. The summed E-state index contributed by atoms with van der Waals surface area (Å²) in [5.74, 6) is -0.270. The number of hydrogen-bond donors (Lipinski definition) is 2. The van der Waals surface area contributed by atoms with Gasteiger partial charge < -0.3 is 16.4 Å². The van der Waals surface area contributed by atoms with Gasteiger partial charge in [0.25, 0.3) is 0 Å². The Kier molecular flexibility index (Phi) is 3.17. The Balaban J connectivity index is 2.27. The Labute approximate surface area is 95.2 Å². The standard InChI is InChI=1S/C12H18FN3/c13-9-7-10(14)11(15)8-12(9)16-5-3-1-2-4-6-16/h7-8H,1-6,14-15H2. The summed E-state index contributed by atoms with van der Waals surface area (Å²) in [6.45, 7) is 1.81. The lowest BCUT2D eigenvalue weighted by atomic mass is 10.2. The zero-order valence-electron chi connectivity index (χ0n) is 9.38. The minimum absolute atomic E-state index is 0.270. The number of nitrogen functional groups attached to an aromatic ring is 2. The molecule has 0 aromatic heterocycles. The first-order valence-electron chi connectivity index (χ1n) is 5.78. The predicted molar refractivity (Wildman–Crippen MR) is 65.9 cm³/mol. The Hall–Kier alpha value is -1.45. The summed E-state index contributed by atoms with van der Waals surface area (Å²) >= 11 is 0. The number of nitrogens with two attached hydrogens (primary N) is 2. The number of anilines is 3. The number of rotatable bonds is 1. The van der Waals surface area contributed by atoms with Crippen LogP contribution in [0, 0.1) is 5.82 Å². The van der Waals surface area contributed by atoms with E-state index < -0.39 is 0 Å². The Morgan fingerprint density at radius 1 is 0.938 bits per heavy atom. The summed E-state index contributed by atoms with van der Waals surface area (Å²) in [6.07, 6.45) is 4.68. The van der Waals surface area contributed by atoms with Crippen molar-refractivity contribution in [2.24, 2.45) is 0 Å². The first-order valence-corrected chi connectivity index (χ1v) is 5.78. The van der Waals surface area contributed by atoms with Gasteiger partial charge in [-0.15, -0.1) is 0 Å². The fraction of sp³-hybridized carbons (Fsp3) is 0.500. The SMILES string of the molecule is Nc1cc(F)c(N2CCCCCC2)cc1N. The molecule has 0 bridgehead atoms. The Morgan fingerprint density at radius 2 is 1.50 bits per heavy atom. The third-order valence-corrected chi connectivity index (χ3v) is 3.10. The van der Waals surface area contributed by atoms with Crippen molar-refractivity contribution in [3.63, 3.8) is 0 Å². The van der Waals surface area contributed by atoms with E-state index in [0.717, 1.165) is 25.9 Å². The van der Waals surface area contributed by atoms with Gasteiger partial charge in [0.15, 0.2) is 0 Å². The topological polar surface area (TPSA) is 55.3 Å². The van der Waals surface area contributed by atoms with Crippen LogP contribution in [-0.2, 0) is 0 Å².